The number of unbranched alkanes of at least 4 members (excludes halogenated alkanes) is 3. The van der Waals surface area contributed by atoms with E-state index in [0.717, 1.165) is 31.2 Å². The molecule has 0 bridgehead atoms. The Balaban J connectivity index is 2.61. The topological polar surface area (TPSA) is 76.0 Å². The van der Waals surface area contributed by atoms with Gasteiger partial charge >= 0.3 is 5.97 Å². The highest BCUT2D eigenvalue weighted by molar-refractivity contribution is 5.91. The van der Waals surface area contributed by atoms with Crippen LogP contribution < -0.4 is 9.47 Å². The van der Waals surface area contributed by atoms with Crippen molar-refractivity contribution in [2.75, 3.05) is 20.3 Å². The molecule has 0 unspecified atom stereocenters. The lowest BCUT2D eigenvalue weighted by Crippen LogP contribution is -2.00. The average Bonchev–Trinajstić information content (AvgIpc) is 2.51. The summed E-state index contributed by atoms with van der Waals surface area (Å²) in [4.78, 5) is 10.8. The summed E-state index contributed by atoms with van der Waals surface area (Å²) < 4.78 is 11.0. The van der Waals surface area contributed by atoms with E-state index in [1.165, 1.54) is 0 Å². The average molecular weight is 308 g/mol. The molecule has 0 aliphatic rings. The third kappa shape index (κ3) is 6.18. The summed E-state index contributed by atoms with van der Waals surface area (Å²) in [5.74, 6) is 0.291. The molecule has 0 amide bonds. The van der Waals surface area contributed by atoms with Gasteiger partial charge in [0.2, 0.25) is 0 Å². The predicted molar refractivity (Wildman–Crippen MR) is 85.3 cm³/mol. The van der Waals surface area contributed by atoms with Crippen LogP contribution in [0.3, 0.4) is 0 Å². The molecule has 0 fully saturated rings. The summed E-state index contributed by atoms with van der Waals surface area (Å²) in [6.07, 6.45) is 5.34. The molecule has 122 valence electrons. The Morgan fingerprint density at radius 1 is 1.18 bits per heavy atom. The van der Waals surface area contributed by atoms with Gasteiger partial charge in [0.05, 0.1) is 13.7 Å². The zero-order chi connectivity index (χ0) is 16.4. The van der Waals surface area contributed by atoms with Crippen molar-refractivity contribution in [2.45, 2.75) is 32.6 Å². The van der Waals surface area contributed by atoms with Gasteiger partial charge in [0.1, 0.15) is 0 Å². The maximum absolute atomic E-state index is 10.8. The second-order valence-electron chi connectivity index (χ2n) is 5.03. The zero-order valence-electron chi connectivity index (χ0n) is 13.2. The van der Waals surface area contributed by atoms with Crippen LogP contribution in [0.2, 0.25) is 0 Å². The molecule has 5 nitrogen and oxygen atoms in total. The van der Waals surface area contributed by atoms with Crippen molar-refractivity contribution in [2.24, 2.45) is 0 Å². The molecule has 0 radical (unpaired) electrons. The quantitative estimate of drug-likeness (QED) is 0.513. The fourth-order valence-corrected chi connectivity index (χ4v) is 1.95. The van der Waals surface area contributed by atoms with E-state index < -0.39 is 5.97 Å². The first-order chi connectivity index (χ1) is 10.6. The Bertz CT molecular complexity index is 508. The van der Waals surface area contributed by atoms with Gasteiger partial charge in [0.25, 0.3) is 0 Å². The normalized spacial score (nSPS) is 11.3. The molecule has 0 heterocycles. The highest BCUT2D eigenvalue weighted by Gasteiger charge is 2.06. The van der Waals surface area contributed by atoms with Crippen LogP contribution >= 0.6 is 0 Å². The van der Waals surface area contributed by atoms with Gasteiger partial charge in [-0.3, -0.25) is 0 Å². The largest absolute Gasteiger partial charge is 0.493 e. The Morgan fingerprint density at radius 2 is 1.91 bits per heavy atom. The minimum Gasteiger partial charge on any atom is -0.493 e. The van der Waals surface area contributed by atoms with E-state index in [1.807, 2.05) is 0 Å². The van der Waals surface area contributed by atoms with Gasteiger partial charge in [-0.1, -0.05) is 12.5 Å². The number of benzene rings is 1. The number of aliphatic carboxylic acids is 1. The van der Waals surface area contributed by atoms with E-state index in [1.54, 1.807) is 38.3 Å². The molecular weight excluding hydrogens is 284 g/mol. The molecule has 5 heteroatoms. The summed E-state index contributed by atoms with van der Waals surface area (Å²) in [6.45, 7) is 2.37. The number of carbonyl (C=O) groups is 1. The number of aliphatic hydroxyl groups is 1. The minimum atomic E-state index is -0.942. The minimum absolute atomic E-state index is 0.236. The van der Waals surface area contributed by atoms with E-state index in [-0.39, 0.29) is 12.2 Å². The monoisotopic (exact) mass is 308 g/mol. The van der Waals surface area contributed by atoms with E-state index >= 15 is 0 Å². The molecule has 0 atom stereocenters. The maximum atomic E-state index is 10.8. The molecule has 0 spiro atoms. The number of carboxylic acid groups (broad SMARTS) is 1. The van der Waals surface area contributed by atoms with Crippen molar-refractivity contribution in [3.05, 3.63) is 29.3 Å². The lowest BCUT2D eigenvalue weighted by molar-refractivity contribution is -0.132. The van der Waals surface area contributed by atoms with E-state index in [2.05, 4.69) is 0 Å². The van der Waals surface area contributed by atoms with Crippen molar-refractivity contribution in [1.82, 2.24) is 0 Å². The fourth-order valence-electron chi connectivity index (χ4n) is 1.95. The van der Waals surface area contributed by atoms with Gasteiger partial charge in [-0.05, 0) is 50.0 Å². The number of rotatable bonds is 10. The molecule has 0 aliphatic heterocycles. The van der Waals surface area contributed by atoms with Gasteiger partial charge in [0, 0.05) is 12.2 Å². The Kier molecular flexibility index (Phi) is 8.07. The lowest BCUT2D eigenvalue weighted by Gasteiger charge is -2.11. The number of methoxy groups -OCH3 is 1. The lowest BCUT2D eigenvalue weighted by atomic mass is 10.1. The van der Waals surface area contributed by atoms with E-state index in [9.17, 15) is 4.79 Å². The first-order valence-electron chi connectivity index (χ1n) is 7.41. The number of ether oxygens (including phenoxy) is 2. The molecule has 22 heavy (non-hydrogen) atoms. The zero-order valence-corrected chi connectivity index (χ0v) is 13.2. The van der Waals surface area contributed by atoms with E-state index in [0.29, 0.717) is 18.1 Å². The first-order valence-corrected chi connectivity index (χ1v) is 7.41. The third-order valence-electron chi connectivity index (χ3n) is 3.22. The highest BCUT2D eigenvalue weighted by atomic mass is 16.5. The maximum Gasteiger partial charge on any atom is 0.331 e. The van der Waals surface area contributed by atoms with Gasteiger partial charge in [-0.2, -0.15) is 0 Å². The number of carboxylic acids is 1. The Morgan fingerprint density at radius 3 is 2.55 bits per heavy atom. The van der Waals surface area contributed by atoms with Crippen LogP contribution in [0, 0.1) is 0 Å². The van der Waals surface area contributed by atoms with Gasteiger partial charge in [-0.15, -0.1) is 0 Å². The molecule has 0 saturated carbocycles. The summed E-state index contributed by atoms with van der Waals surface area (Å²) in [7, 11) is 1.56. The van der Waals surface area contributed by atoms with Gasteiger partial charge < -0.3 is 19.7 Å². The number of aliphatic hydroxyl groups excluding tert-OH is 1. The standard InChI is InChI=1S/C17H24O5/c1-13(17(19)20)11-14-7-8-15(16(12-14)21-2)22-10-6-4-3-5-9-18/h7-8,11-12,18H,3-6,9-10H2,1-2H3,(H,19,20). The molecule has 2 N–H and O–H groups in total. The van der Waals surface area contributed by atoms with Crippen LogP contribution in [0.5, 0.6) is 11.5 Å². The van der Waals surface area contributed by atoms with Crippen molar-refractivity contribution in [1.29, 1.82) is 0 Å². The molecule has 1 rings (SSSR count). The van der Waals surface area contributed by atoms with E-state index in [4.69, 9.17) is 19.7 Å². The van der Waals surface area contributed by atoms with Crippen molar-refractivity contribution in [3.63, 3.8) is 0 Å². The van der Waals surface area contributed by atoms with Crippen molar-refractivity contribution in [3.8, 4) is 11.5 Å². The number of hydrogen-bond acceptors (Lipinski definition) is 4. The van der Waals surface area contributed by atoms with Gasteiger partial charge in [-0.25, -0.2) is 4.79 Å². The highest BCUT2D eigenvalue weighted by Crippen LogP contribution is 2.29. The second kappa shape index (κ2) is 9.84. The van der Waals surface area contributed by atoms with Crippen LogP contribution in [0.1, 0.15) is 38.2 Å². The van der Waals surface area contributed by atoms with Crippen LogP contribution in [-0.2, 0) is 4.79 Å². The number of hydrogen-bond donors (Lipinski definition) is 2. The molecule has 1 aromatic rings. The van der Waals surface area contributed by atoms with Crippen LogP contribution in [0.25, 0.3) is 6.08 Å². The summed E-state index contributed by atoms with van der Waals surface area (Å²) in [6, 6.07) is 5.34. The van der Waals surface area contributed by atoms with Gasteiger partial charge in [0.15, 0.2) is 11.5 Å². The summed E-state index contributed by atoms with van der Waals surface area (Å²) >= 11 is 0. The molecule has 0 aromatic heterocycles. The van der Waals surface area contributed by atoms with Crippen molar-refractivity contribution >= 4 is 12.0 Å². The van der Waals surface area contributed by atoms with Crippen molar-refractivity contribution < 1.29 is 24.5 Å². The fraction of sp³-hybridized carbons (Fsp3) is 0.471. The summed E-state index contributed by atoms with van der Waals surface area (Å²) in [5, 5.41) is 17.6. The van der Waals surface area contributed by atoms with Crippen LogP contribution in [0.4, 0.5) is 0 Å². The van der Waals surface area contributed by atoms with Crippen LogP contribution in [0.15, 0.2) is 23.8 Å². The molecule has 1 aromatic carbocycles. The SMILES string of the molecule is COc1cc(C=C(C)C(=O)O)ccc1OCCCCCCO. The first kappa shape index (κ1) is 18.0. The smallest absolute Gasteiger partial charge is 0.331 e. The predicted octanol–water partition coefficient (Wildman–Crippen LogP) is 3.11. The molecular formula is C17H24O5. The Hall–Kier alpha value is -2.01. The second-order valence-corrected chi connectivity index (χ2v) is 5.03. The molecule has 0 aliphatic carbocycles. The Labute approximate surface area is 131 Å². The van der Waals surface area contributed by atoms with Crippen LogP contribution in [-0.4, -0.2) is 36.5 Å². The third-order valence-corrected chi connectivity index (χ3v) is 3.22. The molecule has 0 saturated heterocycles. The summed E-state index contributed by atoms with van der Waals surface area (Å²) in [5.41, 5.74) is 1.02.